The summed E-state index contributed by atoms with van der Waals surface area (Å²) in [6.07, 6.45) is 0. The number of aryl methyl sites for hydroxylation is 1. The van der Waals surface area contributed by atoms with Crippen molar-refractivity contribution >= 4 is 17.8 Å². The Morgan fingerprint density at radius 1 is 1.42 bits per heavy atom. The number of hydrogen-bond acceptors (Lipinski definition) is 5. The molecular weight excluding hydrogens is 172 g/mol. The van der Waals surface area contributed by atoms with E-state index < -0.39 is 0 Å². The fraction of sp³-hybridized carbons (Fsp3) is 0.429. The third-order valence-corrected chi connectivity index (χ3v) is 1.78. The van der Waals surface area contributed by atoms with Gasteiger partial charge in [0.1, 0.15) is 5.82 Å². The lowest BCUT2D eigenvalue weighted by molar-refractivity contribution is 0.903. The molecule has 0 saturated heterocycles. The first kappa shape index (κ1) is 9.28. The molecule has 4 nitrogen and oxygen atoms in total. The molecule has 1 rings (SSSR count). The molecule has 0 aliphatic carbocycles. The van der Waals surface area contributed by atoms with E-state index in [1.165, 1.54) is 0 Å². The van der Waals surface area contributed by atoms with Gasteiger partial charge in [0, 0.05) is 25.9 Å². The summed E-state index contributed by atoms with van der Waals surface area (Å²) in [5.74, 6) is 0.885. The third kappa shape index (κ3) is 2.09. The Bertz CT molecular complexity index is 274. The van der Waals surface area contributed by atoms with Crippen molar-refractivity contribution in [2.75, 3.05) is 19.0 Å². The van der Waals surface area contributed by atoms with Crippen molar-refractivity contribution in [3.63, 3.8) is 0 Å². The minimum Gasteiger partial charge on any atom is -0.363 e. The van der Waals surface area contributed by atoms with Crippen LogP contribution in [0.4, 0.5) is 5.82 Å². The van der Waals surface area contributed by atoms with Crippen LogP contribution in [0.3, 0.4) is 0 Å². The lowest BCUT2D eigenvalue weighted by atomic mass is 10.4. The Morgan fingerprint density at radius 3 is 2.58 bits per heavy atom. The van der Waals surface area contributed by atoms with Crippen LogP contribution in [0.2, 0.25) is 0 Å². The molecule has 0 fully saturated rings. The standard InChI is InChI=1S/C7H12N4S/c1-5-4-6(11(2)3)10-7(9-5)12-8/h4H,8H2,1-3H3. The molecule has 0 amide bonds. The summed E-state index contributed by atoms with van der Waals surface area (Å²) in [6.45, 7) is 1.92. The molecule has 1 heterocycles. The minimum atomic E-state index is 0.610. The lowest BCUT2D eigenvalue weighted by Crippen LogP contribution is -2.12. The van der Waals surface area contributed by atoms with Gasteiger partial charge in [0.05, 0.1) is 0 Å². The average molecular weight is 184 g/mol. The van der Waals surface area contributed by atoms with E-state index in [1.54, 1.807) is 0 Å². The van der Waals surface area contributed by atoms with E-state index in [4.69, 9.17) is 5.14 Å². The van der Waals surface area contributed by atoms with Gasteiger partial charge < -0.3 is 4.90 Å². The summed E-state index contributed by atoms with van der Waals surface area (Å²) in [5.41, 5.74) is 0.932. The fourth-order valence-corrected chi connectivity index (χ4v) is 1.15. The van der Waals surface area contributed by atoms with Gasteiger partial charge in [-0.05, 0) is 18.9 Å². The van der Waals surface area contributed by atoms with Crippen molar-refractivity contribution in [3.8, 4) is 0 Å². The molecule has 0 aromatic carbocycles. The molecule has 1 aromatic rings. The van der Waals surface area contributed by atoms with Crippen molar-refractivity contribution in [3.05, 3.63) is 11.8 Å². The fourth-order valence-electron chi connectivity index (χ4n) is 0.807. The van der Waals surface area contributed by atoms with Gasteiger partial charge in [-0.25, -0.2) is 9.97 Å². The van der Waals surface area contributed by atoms with Crippen molar-refractivity contribution in [2.24, 2.45) is 5.14 Å². The van der Waals surface area contributed by atoms with Crippen LogP contribution < -0.4 is 10.0 Å². The van der Waals surface area contributed by atoms with Crippen LogP contribution in [0.25, 0.3) is 0 Å². The van der Waals surface area contributed by atoms with Gasteiger partial charge in [-0.3, -0.25) is 5.14 Å². The SMILES string of the molecule is Cc1cc(N(C)C)nc(SN)n1. The molecule has 12 heavy (non-hydrogen) atoms. The van der Waals surface area contributed by atoms with Gasteiger partial charge in [0.15, 0.2) is 0 Å². The quantitative estimate of drug-likeness (QED) is 0.544. The van der Waals surface area contributed by atoms with Crippen LogP contribution in [0.15, 0.2) is 11.2 Å². The molecule has 0 unspecified atom stereocenters. The second kappa shape index (κ2) is 3.73. The van der Waals surface area contributed by atoms with E-state index in [-0.39, 0.29) is 0 Å². The van der Waals surface area contributed by atoms with Crippen LogP contribution in [0.1, 0.15) is 5.69 Å². The highest BCUT2D eigenvalue weighted by Crippen LogP contribution is 2.13. The van der Waals surface area contributed by atoms with Gasteiger partial charge in [-0.1, -0.05) is 0 Å². The van der Waals surface area contributed by atoms with Crippen LogP contribution in [-0.2, 0) is 0 Å². The van der Waals surface area contributed by atoms with Gasteiger partial charge >= 0.3 is 0 Å². The minimum absolute atomic E-state index is 0.610. The van der Waals surface area contributed by atoms with Gasteiger partial charge in [-0.15, -0.1) is 0 Å². The Kier molecular flexibility index (Phi) is 2.88. The topological polar surface area (TPSA) is 55.0 Å². The highest BCUT2D eigenvalue weighted by Gasteiger charge is 2.01. The Hall–Kier alpha value is -0.810. The van der Waals surface area contributed by atoms with Crippen molar-refractivity contribution in [1.29, 1.82) is 0 Å². The summed E-state index contributed by atoms with van der Waals surface area (Å²) in [7, 11) is 3.87. The molecule has 2 N–H and O–H groups in total. The molecule has 0 bridgehead atoms. The van der Waals surface area contributed by atoms with E-state index in [9.17, 15) is 0 Å². The zero-order chi connectivity index (χ0) is 9.14. The molecule has 66 valence electrons. The summed E-state index contributed by atoms with van der Waals surface area (Å²) >= 11 is 1.07. The average Bonchev–Trinajstić information content (AvgIpc) is 2.03. The normalized spacial score (nSPS) is 10.0. The molecule has 0 radical (unpaired) electrons. The molecule has 0 aliphatic heterocycles. The summed E-state index contributed by atoms with van der Waals surface area (Å²) in [4.78, 5) is 10.3. The Balaban J connectivity index is 3.06. The number of hydrogen-bond donors (Lipinski definition) is 1. The zero-order valence-corrected chi connectivity index (χ0v) is 8.22. The summed E-state index contributed by atoms with van der Waals surface area (Å²) < 4.78 is 0. The van der Waals surface area contributed by atoms with Crippen LogP contribution >= 0.6 is 11.9 Å². The first-order valence-electron chi connectivity index (χ1n) is 3.53. The predicted molar refractivity (Wildman–Crippen MR) is 51.1 cm³/mol. The second-order valence-electron chi connectivity index (χ2n) is 2.66. The highest BCUT2D eigenvalue weighted by molar-refractivity contribution is 7.96. The van der Waals surface area contributed by atoms with Crippen LogP contribution in [0.5, 0.6) is 0 Å². The Labute approximate surface area is 76.3 Å². The molecule has 0 spiro atoms. The lowest BCUT2D eigenvalue weighted by Gasteiger charge is -2.11. The van der Waals surface area contributed by atoms with E-state index in [0.717, 1.165) is 23.5 Å². The molecule has 0 atom stereocenters. The number of anilines is 1. The smallest absolute Gasteiger partial charge is 0.204 e. The third-order valence-electron chi connectivity index (χ3n) is 1.38. The number of nitrogens with zero attached hydrogens (tertiary/aromatic N) is 3. The Morgan fingerprint density at radius 2 is 2.08 bits per heavy atom. The summed E-state index contributed by atoms with van der Waals surface area (Å²) in [5, 5.41) is 5.97. The van der Waals surface area contributed by atoms with Gasteiger partial charge in [-0.2, -0.15) is 0 Å². The molecule has 0 saturated carbocycles. The maximum atomic E-state index is 5.36. The maximum Gasteiger partial charge on any atom is 0.204 e. The van der Waals surface area contributed by atoms with Crippen LogP contribution in [0, 0.1) is 6.92 Å². The van der Waals surface area contributed by atoms with Crippen LogP contribution in [-0.4, -0.2) is 24.1 Å². The second-order valence-corrected chi connectivity index (χ2v) is 3.26. The van der Waals surface area contributed by atoms with E-state index in [0.29, 0.717) is 5.16 Å². The van der Waals surface area contributed by atoms with Crippen molar-refractivity contribution < 1.29 is 0 Å². The number of rotatable bonds is 2. The highest BCUT2D eigenvalue weighted by atomic mass is 32.2. The largest absolute Gasteiger partial charge is 0.363 e. The van der Waals surface area contributed by atoms with E-state index in [2.05, 4.69) is 9.97 Å². The number of aromatic nitrogens is 2. The molecule has 0 aliphatic rings. The predicted octanol–water partition coefficient (Wildman–Crippen LogP) is 0.817. The van der Waals surface area contributed by atoms with Gasteiger partial charge in [0.25, 0.3) is 0 Å². The number of nitrogens with two attached hydrogens (primary N) is 1. The zero-order valence-electron chi connectivity index (χ0n) is 7.40. The van der Waals surface area contributed by atoms with E-state index in [1.807, 2.05) is 32.0 Å². The maximum absolute atomic E-state index is 5.36. The van der Waals surface area contributed by atoms with Crippen molar-refractivity contribution in [1.82, 2.24) is 9.97 Å². The molecule has 5 heteroatoms. The molecular formula is C7H12N4S. The molecule has 1 aromatic heterocycles. The van der Waals surface area contributed by atoms with E-state index >= 15 is 0 Å². The van der Waals surface area contributed by atoms with Crippen molar-refractivity contribution in [2.45, 2.75) is 12.1 Å². The monoisotopic (exact) mass is 184 g/mol. The summed E-state index contributed by atoms with van der Waals surface area (Å²) in [6, 6.07) is 1.92. The van der Waals surface area contributed by atoms with Gasteiger partial charge in [0.2, 0.25) is 5.16 Å². The first-order chi connectivity index (χ1) is 5.63. The first-order valence-corrected chi connectivity index (χ1v) is 4.41.